The number of H-pyrrole nitrogens is 1. The Morgan fingerprint density at radius 2 is 2.03 bits per heavy atom. The quantitative estimate of drug-likeness (QED) is 0.361. The van der Waals surface area contributed by atoms with E-state index in [1.165, 1.54) is 0 Å². The molecule has 11 heteroatoms. The van der Waals surface area contributed by atoms with Gasteiger partial charge < -0.3 is 15.0 Å². The first-order chi connectivity index (χ1) is 17.4. The fraction of sp³-hybridized carbons (Fsp3) is 0.280. The third kappa shape index (κ3) is 5.52. The predicted molar refractivity (Wildman–Crippen MR) is 142 cm³/mol. The van der Waals surface area contributed by atoms with Crippen LogP contribution in [0.3, 0.4) is 0 Å². The number of aromatic nitrogens is 3. The number of likely N-dealkylation sites (N-methyl/N-ethyl adjacent to an activating group) is 1. The standard InChI is InChI=1S/C25H24ClN5O3S2/c1-14-21(35-23(27-14)16-4-3-5-17(26)10-16)13-34-18-8-6-15(7-9-18)22(32)28-20-12-31(2)11-19(20)24-29-30-25(33)36-24/h3-10,19-20H,11-13H2,1-2H3,(H,28,32)(H,30,33)/t19-,20+/m0/s1. The topological polar surface area (TPSA) is 100 Å². The van der Waals surface area contributed by atoms with Gasteiger partial charge in [0.25, 0.3) is 5.91 Å². The average molecular weight is 542 g/mol. The van der Waals surface area contributed by atoms with Crippen molar-refractivity contribution in [1.29, 1.82) is 0 Å². The predicted octanol–water partition coefficient (Wildman–Crippen LogP) is 4.32. The van der Waals surface area contributed by atoms with E-state index in [4.69, 9.17) is 16.3 Å². The largest absolute Gasteiger partial charge is 0.488 e. The Morgan fingerprint density at radius 3 is 2.75 bits per heavy atom. The van der Waals surface area contributed by atoms with Gasteiger partial charge in [0.1, 0.15) is 22.4 Å². The molecule has 36 heavy (non-hydrogen) atoms. The fourth-order valence-corrected chi connectivity index (χ4v) is 6.13. The number of halogens is 1. The van der Waals surface area contributed by atoms with E-state index in [1.54, 1.807) is 35.6 Å². The molecule has 1 amide bonds. The molecule has 0 radical (unpaired) electrons. The van der Waals surface area contributed by atoms with Gasteiger partial charge in [0, 0.05) is 35.2 Å². The summed E-state index contributed by atoms with van der Waals surface area (Å²) >= 11 is 8.79. The van der Waals surface area contributed by atoms with Gasteiger partial charge in [-0.1, -0.05) is 35.1 Å². The van der Waals surface area contributed by atoms with E-state index in [1.807, 2.05) is 38.2 Å². The summed E-state index contributed by atoms with van der Waals surface area (Å²) in [7, 11) is 1.99. The summed E-state index contributed by atoms with van der Waals surface area (Å²) in [6, 6.07) is 14.6. The molecule has 0 spiro atoms. The number of benzene rings is 2. The van der Waals surface area contributed by atoms with Gasteiger partial charge in [-0.3, -0.25) is 9.59 Å². The van der Waals surface area contributed by atoms with Crippen molar-refractivity contribution in [1.82, 2.24) is 25.4 Å². The summed E-state index contributed by atoms with van der Waals surface area (Å²) in [6.45, 7) is 3.77. The molecule has 1 fully saturated rings. The van der Waals surface area contributed by atoms with E-state index in [2.05, 4.69) is 25.4 Å². The number of nitrogens with one attached hydrogen (secondary N) is 2. The second-order valence-electron chi connectivity index (χ2n) is 8.71. The zero-order valence-corrected chi connectivity index (χ0v) is 22.0. The summed E-state index contributed by atoms with van der Waals surface area (Å²) in [6.07, 6.45) is 0. The third-order valence-corrected chi connectivity index (χ3v) is 8.34. The van der Waals surface area contributed by atoms with E-state index in [0.29, 0.717) is 29.5 Å². The molecule has 3 heterocycles. The van der Waals surface area contributed by atoms with Gasteiger partial charge in [-0.2, -0.15) is 5.10 Å². The molecule has 1 aliphatic heterocycles. The van der Waals surface area contributed by atoms with E-state index < -0.39 is 0 Å². The van der Waals surface area contributed by atoms with Crippen molar-refractivity contribution in [2.75, 3.05) is 20.1 Å². The Kier molecular flexibility index (Phi) is 7.20. The highest BCUT2D eigenvalue weighted by Gasteiger charge is 2.35. The highest BCUT2D eigenvalue weighted by atomic mass is 35.5. The number of aryl methyl sites for hydroxylation is 1. The molecule has 0 aliphatic carbocycles. The third-order valence-electron chi connectivity index (χ3n) is 6.04. The van der Waals surface area contributed by atoms with Gasteiger partial charge in [0.05, 0.1) is 16.6 Å². The lowest BCUT2D eigenvalue weighted by Gasteiger charge is -2.18. The minimum atomic E-state index is -0.186. The minimum Gasteiger partial charge on any atom is -0.488 e. The zero-order chi connectivity index (χ0) is 25.2. The van der Waals surface area contributed by atoms with Crippen LogP contribution in [0.1, 0.15) is 31.9 Å². The first-order valence-electron chi connectivity index (χ1n) is 11.4. The second kappa shape index (κ2) is 10.5. The van der Waals surface area contributed by atoms with Crippen LogP contribution in [-0.2, 0) is 6.61 Å². The van der Waals surface area contributed by atoms with Crippen LogP contribution in [0, 0.1) is 6.92 Å². The summed E-state index contributed by atoms with van der Waals surface area (Å²) in [5.41, 5.74) is 2.45. The Bertz CT molecular complexity index is 1430. The number of likely N-dealkylation sites (tertiary alicyclic amines) is 1. The Labute approximate surface area is 220 Å². The number of carbonyl (C=O) groups excluding carboxylic acids is 1. The number of rotatable bonds is 7. The van der Waals surface area contributed by atoms with E-state index in [-0.39, 0.29) is 22.7 Å². The molecule has 0 unspecified atom stereocenters. The fourth-order valence-electron chi connectivity index (χ4n) is 4.21. The number of carbonyl (C=O) groups is 1. The maximum Gasteiger partial charge on any atom is 0.322 e. The lowest BCUT2D eigenvalue weighted by molar-refractivity contribution is 0.0935. The molecule has 4 aromatic rings. The number of amides is 1. The number of thiazole rings is 1. The van der Waals surface area contributed by atoms with E-state index >= 15 is 0 Å². The lowest BCUT2D eigenvalue weighted by Crippen LogP contribution is -2.39. The molecule has 0 saturated carbocycles. The molecular weight excluding hydrogens is 518 g/mol. The van der Waals surface area contributed by atoms with E-state index in [0.717, 1.165) is 44.0 Å². The summed E-state index contributed by atoms with van der Waals surface area (Å²) < 4.78 is 5.97. The Morgan fingerprint density at radius 1 is 1.22 bits per heavy atom. The zero-order valence-electron chi connectivity index (χ0n) is 19.7. The first-order valence-corrected chi connectivity index (χ1v) is 13.4. The maximum atomic E-state index is 12.9. The Hall–Kier alpha value is -3.05. The molecule has 0 bridgehead atoms. The number of hydrogen-bond donors (Lipinski definition) is 2. The van der Waals surface area contributed by atoms with Crippen LogP contribution in [0.15, 0.2) is 53.3 Å². The normalized spacial score (nSPS) is 17.9. The van der Waals surface area contributed by atoms with Gasteiger partial charge >= 0.3 is 4.87 Å². The lowest BCUT2D eigenvalue weighted by atomic mass is 10.0. The molecule has 2 atom stereocenters. The van der Waals surface area contributed by atoms with Crippen molar-refractivity contribution in [3.05, 3.63) is 84.4 Å². The number of hydrogen-bond acceptors (Lipinski definition) is 8. The second-order valence-corrected chi connectivity index (χ2v) is 11.2. The van der Waals surface area contributed by atoms with Gasteiger partial charge in [-0.05, 0) is 50.4 Å². The Balaban J connectivity index is 1.20. The smallest absolute Gasteiger partial charge is 0.322 e. The van der Waals surface area contributed by atoms with Crippen LogP contribution in [0.5, 0.6) is 5.75 Å². The molecule has 5 rings (SSSR count). The first kappa shape index (κ1) is 24.6. The van der Waals surface area contributed by atoms with Crippen molar-refractivity contribution < 1.29 is 9.53 Å². The molecule has 2 aromatic carbocycles. The summed E-state index contributed by atoms with van der Waals surface area (Å²) in [4.78, 5) is 32.1. The molecule has 1 saturated heterocycles. The summed E-state index contributed by atoms with van der Waals surface area (Å²) in [5.74, 6) is 0.479. The van der Waals surface area contributed by atoms with Gasteiger partial charge in [-0.25, -0.2) is 10.1 Å². The van der Waals surface area contributed by atoms with Crippen LogP contribution in [0.25, 0.3) is 10.6 Å². The minimum absolute atomic E-state index is 0.0232. The number of nitrogens with zero attached hydrogens (tertiary/aromatic N) is 3. The molecule has 186 valence electrons. The van der Waals surface area contributed by atoms with Gasteiger partial charge in [0.2, 0.25) is 0 Å². The molecule has 2 N–H and O–H groups in total. The SMILES string of the molecule is Cc1nc(-c2cccc(Cl)c2)sc1COc1ccc(C(=O)N[C@@H]2CN(C)C[C@@H]2c2n[nH]c(=O)s2)cc1. The number of ether oxygens (including phenoxy) is 1. The van der Waals surface area contributed by atoms with Crippen LogP contribution in [-0.4, -0.2) is 52.2 Å². The highest BCUT2D eigenvalue weighted by molar-refractivity contribution is 7.15. The monoisotopic (exact) mass is 541 g/mol. The van der Waals surface area contributed by atoms with Crippen LogP contribution in [0.4, 0.5) is 0 Å². The van der Waals surface area contributed by atoms with Crippen molar-refractivity contribution in [3.63, 3.8) is 0 Å². The molecular formula is C25H24ClN5O3S2. The summed E-state index contributed by atoms with van der Waals surface area (Å²) in [5, 5.41) is 12.0. The van der Waals surface area contributed by atoms with Crippen molar-refractivity contribution in [2.24, 2.45) is 0 Å². The number of aromatic amines is 1. The van der Waals surface area contributed by atoms with Gasteiger partial charge in [0.15, 0.2) is 0 Å². The van der Waals surface area contributed by atoms with Gasteiger partial charge in [-0.15, -0.1) is 11.3 Å². The van der Waals surface area contributed by atoms with Crippen molar-refractivity contribution >= 4 is 40.2 Å². The molecule has 8 nitrogen and oxygen atoms in total. The highest BCUT2D eigenvalue weighted by Crippen LogP contribution is 2.30. The molecule has 1 aliphatic rings. The molecule has 2 aromatic heterocycles. The average Bonchev–Trinajstić information content (AvgIpc) is 3.56. The van der Waals surface area contributed by atoms with Crippen LogP contribution < -0.4 is 14.9 Å². The van der Waals surface area contributed by atoms with Crippen molar-refractivity contribution in [2.45, 2.75) is 25.5 Å². The van der Waals surface area contributed by atoms with E-state index in [9.17, 15) is 9.59 Å². The van der Waals surface area contributed by atoms with Crippen LogP contribution >= 0.6 is 34.3 Å². The maximum absolute atomic E-state index is 12.9. The van der Waals surface area contributed by atoms with Crippen LogP contribution in [0.2, 0.25) is 5.02 Å². The van der Waals surface area contributed by atoms with Crippen molar-refractivity contribution in [3.8, 4) is 16.3 Å².